The minimum absolute atomic E-state index is 0.0733. The Morgan fingerprint density at radius 2 is 1.96 bits per heavy atom. The molecule has 0 radical (unpaired) electrons. The van der Waals surface area contributed by atoms with Gasteiger partial charge in [0, 0.05) is 18.7 Å². The lowest BCUT2D eigenvalue weighted by molar-refractivity contribution is 0.0848. The molecule has 0 aliphatic heterocycles. The second-order valence-corrected chi connectivity index (χ2v) is 5.18. The lowest BCUT2D eigenvalue weighted by Gasteiger charge is -2.10. The quantitative estimate of drug-likeness (QED) is 0.578. The molecule has 0 spiro atoms. The number of halogens is 2. The maximum atomic E-state index is 12.7. The Bertz CT molecular complexity index is 655. The summed E-state index contributed by atoms with van der Waals surface area (Å²) in [5.74, 6) is 0.244. The minimum atomic E-state index is -2.63. The third kappa shape index (κ3) is 4.77. The number of hydrogen-bond acceptors (Lipinski definition) is 4. The summed E-state index contributed by atoms with van der Waals surface area (Å²) in [6.45, 7) is 3.81. The predicted molar refractivity (Wildman–Crippen MR) is 82.9 cm³/mol. The zero-order valence-electron chi connectivity index (χ0n) is 13.2. The first-order chi connectivity index (χ1) is 11.0. The van der Waals surface area contributed by atoms with Crippen LogP contribution in [0.15, 0.2) is 41.6 Å². The lowest BCUT2D eigenvalue weighted by Crippen LogP contribution is -2.16. The Labute approximate surface area is 133 Å². The van der Waals surface area contributed by atoms with Gasteiger partial charge in [0.1, 0.15) is 24.1 Å². The molecule has 7 heteroatoms. The van der Waals surface area contributed by atoms with E-state index in [0.717, 1.165) is 5.56 Å². The zero-order chi connectivity index (χ0) is 16.8. The SMILES string of the molecule is CC(C)ON=C(COc1cc(C(F)F)nn1C)c1ccccc1. The van der Waals surface area contributed by atoms with E-state index >= 15 is 0 Å². The van der Waals surface area contributed by atoms with Crippen molar-refractivity contribution in [2.24, 2.45) is 12.2 Å². The van der Waals surface area contributed by atoms with E-state index in [-0.39, 0.29) is 24.3 Å². The van der Waals surface area contributed by atoms with E-state index in [4.69, 9.17) is 9.57 Å². The summed E-state index contributed by atoms with van der Waals surface area (Å²) < 4.78 is 32.2. The van der Waals surface area contributed by atoms with Crippen LogP contribution in [0.5, 0.6) is 5.88 Å². The van der Waals surface area contributed by atoms with Crippen LogP contribution in [0.3, 0.4) is 0 Å². The molecule has 0 saturated carbocycles. The Hall–Kier alpha value is -2.44. The van der Waals surface area contributed by atoms with E-state index in [1.54, 1.807) is 7.05 Å². The molecule has 1 aromatic heterocycles. The summed E-state index contributed by atoms with van der Waals surface area (Å²) in [5, 5.41) is 7.80. The molecule has 2 rings (SSSR count). The number of aromatic nitrogens is 2. The van der Waals surface area contributed by atoms with Crippen molar-refractivity contribution in [2.45, 2.75) is 26.4 Å². The summed E-state index contributed by atoms with van der Waals surface area (Å²) in [7, 11) is 1.55. The van der Waals surface area contributed by atoms with Crippen molar-refractivity contribution in [1.29, 1.82) is 0 Å². The van der Waals surface area contributed by atoms with Gasteiger partial charge in [-0.3, -0.25) is 0 Å². The molecule has 0 unspecified atom stereocenters. The normalized spacial score (nSPS) is 12.0. The van der Waals surface area contributed by atoms with Gasteiger partial charge in [0.2, 0.25) is 5.88 Å². The molecule has 5 nitrogen and oxygen atoms in total. The Morgan fingerprint density at radius 1 is 1.26 bits per heavy atom. The summed E-state index contributed by atoms with van der Waals surface area (Å²) in [4.78, 5) is 5.29. The van der Waals surface area contributed by atoms with Crippen LogP contribution in [0.1, 0.15) is 31.5 Å². The van der Waals surface area contributed by atoms with Crippen LogP contribution >= 0.6 is 0 Å². The molecular formula is C16H19F2N3O2. The van der Waals surface area contributed by atoms with E-state index in [1.807, 2.05) is 44.2 Å². The molecule has 0 saturated heterocycles. The highest BCUT2D eigenvalue weighted by molar-refractivity contribution is 6.01. The third-order valence-electron chi connectivity index (χ3n) is 2.92. The molecule has 124 valence electrons. The van der Waals surface area contributed by atoms with Gasteiger partial charge in [-0.1, -0.05) is 35.5 Å². The molecule has 1 aromatic carbocycles. The van der Waals surface area contributed by atoms with Gasteiger partial charge in [0.15, 0.2) is 0 Å². The molecule has 2 aromatic rings. The average Bonchev–Trinajstić information content (AvgIpc) is 2.89. The average molecular weight is 323 g/mol. The van der Waals surface area contributed by atoms with Crippen molar-refractivity contribution in [1.82, 2.24) is 9.78 Å². The highest BCUT2D eigenvalue weighted by Gasteiger charge is 2.15. The van der Waals surface area contributed by atoms with Crippen LogP contribution in [0, 0.1) is 0 Å². The highest BCUT2D eigenvalue weighted by Crippen LogP contribution is 2.22. The molecule has 1 heterocycles. The van der Waals surface area contributed by atoms with E-state index in [0.29, 0.717) is 5.71 Å². The Balaban J connectivity index is 2.14. The topological polar surface area (TPSA) is 48.6 Å². The van der Waals surface area contributed by atoms with Crippen LogP contribution in [0.2, 0.25) is 0 Å². The summed E-state index contributed by atoms with van der Waals surface area (Å²) in [6.07, 6.45) is -2.71. The first kappa shape index (κ1) is 16.9. The van der Waals surface area contributed by atoms with Crippen molar-refractivity contribution in [2.75, 3.05) is 6.61 Å². The van der Waals surface area contributed by atoms with E-state index in [9.17, 15) is 8.78 Å². The monoisotopic (exact) mass is 323 g/mol. The largest absolute Gasteiger partial charge is 0.471 e. The van der Waals surface area contributed by atoms with E-state index in [1.165, 1.54) is 10.7 Å². The maximum absolute atomic E-state index is 12.7. The van der Waals surface area contributed by atoms with Gasteiger partial charge in [0.25, 0.3) is 6.43 Å². The highest BCUT2D eigenvalue weighted by atomic mass is 19.3. The van der Waals surface area contributed by atoms with Gasteiger partial charge in [0.05, 0.1) is 0 Å². The molecule has 23 heavy (non-hydrogen) atoms. The first-order valence-electron chi connectivity index (χ1n) is 7.20. The van der Waals surface area contributed by atoms with E-state index in [2.05, 4.69) is 10.3 Å². The number of ether oxygens (including phenoxy) is 1. The molecule has 0 aliphatic rings. The lowest BCUT2D eigenvalue weighted by atomic mass is 10.1. The molecule has 0 bridgehead atoms. The van der Waals surface area contributed by atoms with Crippen LogP contribution in [-0.4, -0.2) is 28.2 Å². The van der Waals surface area contributed by atoms with E-state index < -0.39 is 6.43 Å². The summed E-state index contributed by atoms with van der Waals surface area (Å²) >= 11 is 0. The third-order valence-corrected chi connectivity index (χ3v) is 2.92. The van der Waals surface area contributed by atoms with Gasteiger partial charge < -0.3 is 9.57 Å². The number of hydrogen-bond donors (Lipinski definition) is 0. The molecule has 0 fully saturated rings. The van der Waals surface area contributed by atoms with Crippen molar-refractivity contribution >= 4 is 5.71 Å². The van der Waals surface area contributed by atoms with Crippen LogP contribution in [-0.2, 0) is 11.9 Å². The molecule has 0 amide bonds. The number of aryl methyl sites for hydroxylation is 1. The smallest absolute Gasteiger partial charge is 0.282 e. The number of nitrogens with zero attached hydrogens (tertiary/aromatic N) is 3. The van der Waals surface area contributed by atoms with Gasteiger partial charge >= 0.3 is 0 Å². The number of oxime groups is 1. The number of alkyl halides is 2. The fraction of sp³-hybridized carbons (Fsp3) is 0.375. The zero-order valence-corrected chi connectivity index (χ0v) is 13.2. The Kier molecular flexibility index (Phi) is 5.67. The molecule has 0 N–H and O–H groups in total. The van der Waals surface area contributed by atoms with Gasteiger partial charge in [-0.15, -0.1) is 0 Å². The van der Waals surface area contributed by atoms with Crippen molar-refractivity contribution in [3.8, 4) is 5.88 Å². The first-order valence-corrected chi connectivity index (χ1v) is 7.20. The van der Waals surface area contributed by atoms with Crippen molar-refractivity contribution < 1.29 is 18.4 Å². The summed E-state index contributed by atoms with van der Waals surface area (Å²) in [6, 6.07) is 10.6. The fourth-order valence-electron chi connectivity index (χ4n) is 1.82. The van der Waals surface area contributed by atoms with Crippen LogP contribution < -0.4 is 4.74 Å². The summed E-state index contributed by atoms with van der Waals surface area (Å²) in [5.41, 5.74) is 1.09. The number of rotatable bonds is 7. The standard InChI is InChI=1S/C16H19F2N3O2/c1-11(2)23-20-14(12-7-5-4-6-8-12)10-22-15-9-13(16(17)18)19-21(15)3/h4-9,11,16H,10H2,1-3H3. The Morgan fingerprint density at radius 3 is 2.52 bits per heavy atom. The minimum Gasteiger partial charge on any atom is -0.471 e. The molecule has 0 atom stereocenters. The second kappa shape index (κ2) is 7.71. The van der Waals surface area contributed by atoms with Crippen LogP contribution in [0.25, 0.3) is 0 Å². The van der Waals surface area contributed by atoms with Gasteiger partial charge in [-0.05, 0) is 13.8 Å². The van der Waals surface area contributed by atoms with Crippen molar-refractivity contribution in [3.63, 3.8) is 0 Å². The molecular weight excluding hydrogens is 304 g/mol. The van der Waals surface area contributed by atoms with Crippen LogP contribution in [0.4, 0.5) is 8.78 Å². The predicted octanol–water partition coefficient (Wildman–Crippen LogP) is 3.57. The van der Waals surface area contributed by atoms with Gasteiger partial charge in [-0.25, -0.2) is 13.5 Å². The molecule has 0 aliphatic carbocycles. The fourth-order valence-corrected chi connectivity index (χ4v) is 1.82. The number of benzene rings is 1. The van der Waals surface area contributed by atoms with Crippen molar-refractivity contribution in [3.05, 3.63) is 47.7 Å². The maximum Gasteiger partial charge on any atom is 0.282 e. The van der Waals surface area contributed by atoms with Gasteiger partial charge in [-0.2, -0.15) is 5.10 Å². The second-order valence-electron chi connectivity index (χ2n) is 5.18.